The Labute approximate surface area is 87.5 Å². The molecule has 1 rings (SSSR count). The van der Waals surface area contributed by atoms with Crippen LogP contribution in [0.2, 0.25) is 5.02 Å². The summed E-state index contributed by atoms with van der Waals surface area (Å²) in [7, 11) is 0. The van der Waals surface area contributed by atoms with E-state index in [1.54, 1.807) is 0 Å². The molecule has 1 N–H and O–H groups in total. The molecule has 0 saturated heterocycles. The zero-order chi connectivity index (χ0) is 11.6. The summed E-state index contributed by atoms with van der Waals surface area (Å²) in [4.78, 5) is 13.4. The van der Waals surface area contributed by atoms with Crippen LogP contribution in [0.15, 0.2) is 6.20 Å². The zero-order valence-corrected chi connectivity index (χ0v) is 7.93. The van der Waals surface area contributed by atoms with E-state index in [-0.39, 0.29) is 5.02 Å². The molecule has 0 aliphatic carbocycles. The quantitative estimate of drug-likeness (QED) is 0.824. The molecule has 0 spiro atoms. The maximum Gasteiger partial charge on any atom is 0.307 e. The first kappa shape index (κ1) is 11.8. The highest BCUT2D eigenvalue weighted by Gasteiger charge is 2.23. The summed E-state index contributed by atoms with van der Waals surface area (Å²) >= 11 is 5.46. The van der Waals surface area contributed by atoms with Crippen molar-refractivity contribution in [3.63, 3.8) is 0 Å². The van der Waals surface area contributed by atoms with Gasteiger partial charge in [0.15, 0.2) is 0 Å². The van der Waals surface area contributed by atoms with Gasteiger partial charge in [-0.15, -0.1) is 0 Å². The van der Waals surface area contributed by atoms with E-state index in [1.165, 1.54) is 0 Å². The van der Waals surface area contributed by atoms with Crippen LogP contribution in [0, 0.1) is 5.95 Å². The molecule has 0 saturated carbocycles. The molecule has 0 unspecified atom stereocenters. The average Bonchev–Trinajstić information content (AvgIpc) is 2.10. The lowest BCUT2D eigenvalue weighted by Crippen LogP contribution is -2.08. The highest BCUT2D eigenvalue weighted by Crippen LogP contribution is 2.29. The third-order valence-electron chi connectivity index (χ3n) is 1.67. The molecule has 1 heterocycles. The van der Waals surface area contributed by atoms with Gasteiger partial charge in [0.2, 0.25) is 5.95 Å². The Morgan fingerprint density at radius 3 is 2.67 bits per heavy atom. The minimum absolute atomic E-state index is 0.283. The van der Waals surface area contributed by atoms with E-state index in [2.05, 4.69) is 4.98 Å². The second-order valence-corrected chi connectivity index (χ2v) is 3.07. The van der Waals surface area contributed by atoms with Crippen LogP contribution >= 0.6 is 11.6 Å². The third kappa shape index (κ3) is 2.59. The van der Waals surface area contributed by atoms with Gasteiger partial charge in [-0.2, -0.15) is 4.39 Å². The van der Waals surface area contributed by atoms with Crippen LogP contribution in [0.3, 0.4) is 0 Å². The summed E-state index contributed by atoms with van der Waals surface area (Å²) < 4.78 is 37.7. The SMILES string of the molecule is O=C(O)Cc1c(Cl)cnc(F)c1C(F)F. The van der Waals surface area contributed by atoms with Crippen LogP contribution in [-0.4, -0.2) is 16.1 Å². The lowest BCUT2D eigenvalue weighted by atomic mass is 10.1. The number of rotatable bonds is 3. The average molecular weight is 240 g/mol. The number of aromatic nitrogens is 1. The first-order valence-corrected chi connectivity index (χ1v) is 4.14. The number of hydrogen-bond donors (Lipinski definition) is 1. The van der Waals surface area contributed by atoms with Crippen molar-refractivity contribution in [3.8, 4) is 0 Å². The van der Waals surface area contributed by atoms with Crippen molar-refractivity contribution < 1.29 is 23.1 Å². The van der Waals surface area contributed by atoms with E-state index in [0.717, 1.165) is 6.20 Å². The predicted octanol–water partition coefficient (Wildman–Crippen LogP) is 2.44. The summed E-state index contributed by atoms with van der Waals surface area (Å²) in [6, 6.07) is 0. The molecule has 0 fully saturated rings. The second-order valence-electron chi connectivity index (χ2n) is 2.66. The molecule has 0 aliphatic rings. The predicted molar refractivity (Wildman–Crippen MR) is 45.5 cm³/mol. The van der Waals surface area contributed by atoms with Crippen molar-refractivity contribution in [2.75, 3.05) is 0 Å². The van der Waals surface area contributed by atoms with Crippen LogP contribution in [0.1, 0.15) is 17.6 Å². The maximum absolute atomic E-state index is 12.9. The van der Waals surface area contributed by atoms with Crippen molar-refractivity contribution in [2.24, 2.45) is 0 Å². The molecule has 0 aromatic carbocycles. The minimum Gasteiger partial charge on any atom is -0.481 e. The van der Waals surface area contributed by atoms with Crippen LogP contribution in [-0.2, 0) is 11.2 Å². The van der Waals surface area contributed by atoms with E-state index in [9.17, 15) is 18.0 Å². The van der Waals surface area contributed by atoms with Gasteiger partial charge in [-0.3, -0.25) is 4.79 Å². The van der Waals surface area contributed by atoms with E-state index in [4.69, 9.17) is 16.7 Å². The number of alkyl halides is 2. The van der Waals surface area contributed by atoms with Gasteiger partial charge >= 0.3 is 5.97 Å². The van der Waals surface area contributed by atoms with Gasteiger partial charge in [0.05, 0.1) is 17.0 Å². The summed E-state index contributed by atoms with van der Waals surface area (Å²) in [6.45, 7) is 0. The summed E-state index contributed by atoms with van der Waals surface area (Å²) in [5.41, 5.74) is -1.49. The van der Waals surface area contributed by atoms with Gasteiger partial charge in [-0.1, -0.05) is 11.6 Å². The standard InChI is InChI=1S/C8H5ClF3NO2/c9-4-2-13-8(12)6(7(10)11)3(4)1-5(14)15/h2,7H,1H2,(H,14,15). The van der Waals surface area contributed by atoms with E-state index in [0.29, 0.717) is 0 Å². The number of halogens is 4. The fourth-order valence-corrected chi connectivity index (χ4v) is 1.28. The number of pyridine rings is 1. The van der Waals surface area contributed by atoms with Gasteiger partial charge in [-0.25, -0.2) is 13.8 Å². The van der Waals surface area contributed by atoms with Crippen LogP contribution in [0.25, 0.3) is 0 Å². The topological polar surface area (TPSA) is 50.2 Å². The lowest BCUT2D eigenvalue weighted by molar-refractivity contribution is -0.136. The Morgan fingerprint density at radius 2 is 2.20 bits per heavy atom. The number of hydrogen-bond acceptors (Lipinski definition) is 2. The number of aliphatic carboxylic acids is 1. The zero-order valence-electron chi connectivity index (χ0n) is 7.18. The monoisotopic (exact) mass is 239 g/mol. The van der Waals surface area contributed by atoms with Crippen molar-refractivity contribution in [3.05, 3.63) is 28.3 Å². The van der Waals surface area contributed by atoms with Crippen LogP contribution < -0.4 is 0 Å². The first-order chi connectivity index (χ1) is 6.93. The van der Waals surface area contributed by atoms with Gasteiger partial charge < -0.3 is 5.11 Å². The molecular formula is C8H5ClF3NO2. The Morgan fingerprint density at radius 1 is 1.60 bits per heavy atom. The molecule has 0 aliphatic heterocycles. The van der Waals surface area contributed by atoms with Gasteiger partial charge in [0, 0.05) is 6.20 Å². The molecule has 3 nitrogen and oxygen atoms in total. The fraction of sp³-hybridized carbons (Fsp3) is 0.250. The number of carbonyl (C=O) groups is 1. The largest absolute Gasteiger partial charge is 0.481 e. The number of carboxylic acid groups (broad SMARTS) is 1. The van der Waals surface area contributed by atoms with E-state index < -0.39 is 35.9 Å². The molecule has 15 heavy (non-hydrogen) atoms. The van der Waals surface area contributed by atoms with Gasteiger partial charge in [0.1, 0.15) is 0 Å². The number of carboxylic acids is 1. The summed E-state index contributed by atoms with van der Waals surface area (Å²) in [5, 5.41) is 8.16. The highest BCUT2D eigenvalue weighted by atomic mass is 35.5. The first-order valence-electron chi connectivity index (χ1n) is 3.76. The Hall–Kier alpha value is -1.30. The molecule has 1 aromatic heterocycles. The highest BCUT2D eigenvalue weighted by molar-refractivity contribution is 6.31. The van der Waals surface area contributed by atoms with E-state index >= 15 is 0 Å². The summed E-state index contributed by atoms with van der Waals surface area (Å²) in [6.07, 6.45) is -3.11. The minimum atomic E-state index is -3.15. The molecule has 0 radical (unpaired) electrons. The van der Waals surface area contributed by atoms with Crippen molar-refractivity contribution in [2.45, 2.75) is 12.8 Å². The molecular weight excluding hydrogens is 235 g/mol. The van der Waals surface area contributed by atoms with Crippen LogP contribution in [0.4, 0.5) is 13.2 Å². The molecule has 0 bridgehead atoms. The number of nitrogens with zero attached hydrogens (tertiary/aromatic N) is 1. The molecule has 7 heteroatoms. The molecule has 1 aromatic rings. The normalized spacial score (nSPS) is 10.7. The van der Waals surface area contributed by atoms with Crippen LogP contribution in [0.5, 0.6) is 0 Å². The molecule has 0 atom stereocenters. The maximum atomic E-state index is 12.9. The Balaban J connectivity index is 3.31. The second kappa shape index (κ2) is 4.48. The van der Waals surface area contributed by atoms with Gasteiger partial charge in [0.25, 0.3) is 6.43 Å². The van der Waals surface area contributed by atoms with E-state index in [1.807, 2.05) is 0 Å². The smallest absolute Gasteiger partial charge is 0.307 e. The van der Waals surface area contributed by atoms with Crippen molar-refractivity contribution in [1.82, 2.24) is 4.98 Å². The molecule has 82 valence electrons. The van der Waals surface area contributed by atoms with Crippen molar-refractivity contribution >= 4 is 17.6 Å². The fourth-order valence-electron chi connectivity index (χ4n) is 1.07. The van der Waals surface area contributed by atoms with Gasteiger partial charge in [-0.05, 0) is 5.56 Å². The Bertz CT molecular complexity index is 398. The molecule has 0 amide bonds. The van der Waals surface area contributed by atoms with Crippen molar-refractivity contribution in [1.29, 1.82) is 0 Å². The Kier molecular flexibility index (Phi) is 3.52. The third-order valence-corrected chi connectivity index (χ3v) is 2.00. The summed E-state index contributed by atoms with van der Waals surface area (Å²) in [5.74, 6) is -2.77. The lowest BCUT2D eigenvalue weighted by Gasteiger charge is -2.08.